The van der Waals surface area contributed by atoms with Crippen molar-refractivity contribution in [1.29, 1.82) is 0 Å². The minimum absolute atomic E-state index is 0.0254. The smallest absolute Gasteiger partial charge is 0.263 e. The number of nitrogens with two attached hydrogens (primary N) is 1. The molecule has 0 radical (unpaired) electrons. The third kappa shape index (κ3) is 5.94. The Bertz CT molecular complexity index is 1130. The van der Waals surface area contributed by atoms with Crippen LogP contribution in [0.25, 0.3) is 0 Å². The number of hydrogen-bond acceptors (Lipinski definition) is 7. The average molecular weight is 470 g/mol. The van der Waals surface area contributed by atoms with E-state index in [1.807, 2.05) is 0 Å². The molecule has 12 heteroatoms. The van der Waals surface area contributed by atoms with Crippen LogP contribution in [0.15, 0.2) is 58.3 Å². The first kappa shape index (κ1) is 23.0. The van der Waals surface area contributed by atoms with Crippen LogP contribution in [0.2, 0.25) is 0 Å². The third-order valence-electron chi connectivity index (χ3n) is 4.55. The molecule has 1 aliphatic rings. The van der Waals surface area contributed by atoms with Crippen molar-refractivity contribution < 1.29 is 31.1 Å². The molecule has 0 spiro atoms. The topological polar surface area (TPSA) is 145 Å². The summed E-state index contributed by atoms with van der Waals surface area (Å²) in [5.41, 5.74) is 0.178. The van der Waals surface area contributed by atoms with Gasteiger partial charge in [0.2, 0.25) is 10.0 Å². The highest BCUT2D eigenvalue weighted by Crippen LogP contribution is 2.21. The first-order chi connectivity index (χ1) is 14.6. The largest absolute Gasteiger partial charge is 0.481 e. The van der Waals surface area contributed by atoms with Gasteiger partial charge in [-0.25, -0.2) is 22.0 Å². The zero-order valence-corrected chi connectivity index (χ0v) is 18.4. The van der Waals surface area contributed by atoms with Gasteiger partial charge in [0, 0.05) is 18.8 Å². The van der Waals surface area contributed by atoms with E-state index in [0.717, 1.165) is 0 Å². The first-order valence-corrected chi connectivity index (χ1v) is 12.4. The maximum absolute atomic E-state index is 12.6. The lowest BCUT2D eigenvalue weighted by Gasteiger charge is -2.29. The molecule has 0 aromatic heterocycles. The van der Waals surface area contributed by atoms with Crippen LogP contribution in [0, 0.1) is 0 Å². The Hall–Kier alpha value is -2.67. The van der Waals surface area contributed by atoms with E-state index < -0.39 is 26.2 Å². The van der Waals surface area contributed by atoms with E-state index in [4.69, 9.17) is 14.6 Å². The Morgan fingerprint density at radius 1 is 1.00 bits per heavy atom. The number of nitrogens with one attached hydrogen (secondary N) is 1. The molecule has 1 heterocycles. The molecule has 2 aromatic rings. The summed E-state index contributed by atoms with van der Waals surface area (Å²) in [7, 11) is -7.78. The number of benzene rings is 2. The molecule has 1 amide bonds. The van der Waals surface area contributed by atoms with Crippen LogP contribution in [-0.4, -0.2) is 60.0 Å². The van der Waals surface area contributed by atoms with Crippen molar-refractivity contribution in [2.24, 2.45) is 5.14 Å². The van der Waals surface area contributed by atoms with E-state index in [1.165, 1.54) is 48.5 Å². The molecule has 168 valence electrons. The minimum atomic E-state index is -3.92. The van der Waals surface area contributed by atoms with E-state index in [9.17, 15) is 21.6 Å². The second kappa shape index (κ2) is 9.22. The van der Waals surface area contributed by atoms with Gasteiger partial charge in [-0.3, -0.25) is 9.52 Å². The van der Waals surface area contributed by atoms with Crippen molar-refractivity contribution in [3.8, 4) is 5.75 Å². The van der Waals surface area contributed by atoms with E-state index in [1.54, 1.807) is 11.8 Å². The van der Waals surface area contributed by atoms with Crippen LogP contribution in [0.5, 0.6) is 5.75 Å². The maximum Gasteiger partial charge on any atom is 0.263 e. The highest BCUT2D eigenvalue weighted by atomic mass is 32.2. The van der Waals surface area contributed by atoms with Crippen LogP contribution in [0.1, 0.15) is 6.92 Å². The second-order valence-electron chi connectivity index (χ2n) is 6.84. The molecule has 1 saturated heterocycles. The lowest BCUT2D eigenvalue weighted by atomic mass is 10.3. The summed E-state index contributed by atoms with van der Waals surface area (Å²) in [6, 6.07) is 10.6. The highest BCUT2D eigenvalue weighted by Gasteiger charge is 2.24. The van der Waals surface area contributed by atoms with Crippen molar-refractivity contribution in [3.05, 3.63) is 48.5 Å². The fourth-order valence-electron chi connectivity index (χ4n) is 2.92. The molecule has 0 bridgehead atoms. The number of rotatable bonds is 7. The predicted octanol–water partition coefficient (Wildman–Crippen LogP) is 0.761. The number of sulfonamides is 2. The van der Waals surface area contributed by atoms with Gasteiger partial charge in [-0.05, 0) is 55.5 Å². The molecule has 2 aromatic carbocycles. The SMILES string of the molecule is C[C@H](Oc1ccc(S(=O)(=O)Nc2ccc(S(N)(=O)=O)cc2)cc1)C(=O)N1CCOCC1. The Labute approximate surface area is 181 Å². The van der Waals surface area contributed by atoms with Gasteiger partial charge in [-0.2, -0.15) is 0 Å². The molecule has 1 fully saturated rings. The van der Waals surface area contributed by atoms with Gasteiger partial charge in [0.15, 0.2) is 6.10 Å². The van der Waals surface area contributed by atoms with Crippen LogP contribution in [0.3, 0.4) is 0 Å². The van der Waals surface area contributed by atoms with E-state index in [-0.39, 0.29) is 21.4 Å². The third-order valence-corrected chi connectivity index (χ3v) is 6.88. The summed E-state index contributed by atoms with van der Waals surface area (Å²) < 4.78 is 60.9. The van der Waals surface area contributed by atoms with Gasteiger partial charge in [0.1, 0.15) is 5.75 Å². The quantitative estimate of drug-likeness (QED) is 0.609. The molecule has 3 N–H and O–H groups in total. The van der Waals surface area contributed by atoms with Crippen molar-refractivity contribution in [1.82, 2.24) is 4.90 Å². The molecular weight excluding hydrogens is 446 g/mol. The molecule has 0 saturated carbocycles. The zero-order valence-electron chi connectivity index (χ0n) is 16.7. The second-order valence-corrected chi connectivity index (χ2v) is 10.1. The standard InChI is InChI=1S/C19H23N3O7S2/c1-14(19(23)22-10-12-28-13-11-22)29-16-4-8-18(9-5-16)31(26,27)21-15-2-6-17(7-3-15)30(20,24)25/h2-9,14,21H,10-13H2,1H3,(H2,20,24,25)/t14-/m0/s1. The lowest BCUT2D eigenvalue weighted by molar-refractivity contribution is -0.142. The van der Waals surface area contributed by atoms with E-state index in [0.29, 0.717) is 32.1 Å². The van der Waals surface area contributed by atoms with Gasteiger partial charge in [-0.15, -0.1) is 0 Å². The van der Waals surface area contributed by atoms with Crippen molar-refractivity contribution in [2.45, 2.75) is 22.8 Å². The van der Waals surface area contributed by atoms with Crippen molar-refractivity contribution in [2.75, 3.05) is 31.0 Å². The minimum Gasteiger partial charge on any atom is -0.481 e. The summed E-state index contributed by atoms with van der Waals surface area (Å²) in [6.45, 7) is 3.63. The normalized spacial score (nSPS) is 15.9. The maximum atomic E-state index is 12.6. The number of anilines is 1. The zero-order chi connectivity index (χ0) is 22.6. The molecule has 1 atom stereocenters. The van der Waals surface area contributed by atoms with Gasteiger partial charge in [0.25, 0.3) is 15.9 Å². The number of primary sulfonamides is 1. The van der Waals surface area contributed by atoms with E-state index in [2.05, 4.69) is 4.72 Å². The van der Waals surface area contributed by atoms with Crippen LogP contribution < -0.4 is 14.6 Å². The molecule has 31 heavy (non-hydrogen) atoms. The predicted molar refractivity (Wildman–Crippen MR) is 113 cm³/mol. The molecule has 1 aliphatic heterocycles. The van der Waals surface area contributed by atoms with Crippen LogP contribution >= 0.6 is 0 Å². The van der Waals surface area contributed by atoms with Crippen LogP contribution in [0.4, 0.5) is 5.69 Å². The number of carbonyl (C=O) groups is 1. The van der Waals surface area contributed by atoms with Gasteiger partial charge in [-0.1, -0.05) is 0 Å². The molecule has 10 nitrogen and oxygen atoms in total. The number of carbonyl (C=O) groups excluding carboxylic acids is 1. The molecule has 3 rings (SSSR count). The van der Waals surface area contributed by atoms with E-state index >= 15 is 0 Å². The summed E-state index contributed by atoms with van der Waals surface area (Å²) in [5, 5.41) is 5.03. The number of nitrogens with zero attached hydrogens (tertiary/aromatic N) is 1. The fourth-order valence-corrected chi connectivity index (χ4v) is 4.49. The molecule has 0 unspecified atom stereocenters. The average Bonchev–Trinajstić information content (AvgIpc) is 2.73. The van der Waals surface area contributed by atoms with Gasteiger partial charge in [0.05, 0.1) is 23.0 Å². The highest BCUT2D eigenvalue weighted by molar-refractivity contribution is 7.92. The monoisotopic (exact) mass is 469 g/mol. The Kier molecular flexibility index (Phi) is 6.84. The number of hydrogen-bond donors (Lipinski definition) is 2. The molecular formula is C19H23N3O7S2. The van der Waals surface area contributed by atoms with Crippen molar-refractivity contribution in [3.63, 3.8) is 0 Å². The summed E-state index contributed by atoms with van der Waals surface area (Å²) in [4.78, 5) is 13.9. The summed E-state index contributed by atoms with van der Waals surface area (Å²) in [6.07, 6.45) is -0.726. The fraction of sp³-hybridized carbons (Fsp3) is 0.316. The van der Waals surface area contributed by atoms with Crippen LogP contribution in [-0.2, 0) is 29.6 Å². The molecule has 0 aliphatic carbocycles. The Balaban J connectivity index is 1.65. The first-order valence-electron chi connectivity index (χ1n) is 9.35. The Morgan fingerprint density at radius 2 is 1.55 bits per heavy atom. The lowest BCUT2D eigenvalue weighted by Crippen LogP contribution is -2.46. The number of ether oxygens (including phenoxy) is 2. The van der Waals surface area contributed by atoms with Crippen molar-refractivity contribution >= 4 is 31.6 Å². The summed E-state index contributed by atoms with van der Waals surface area (Å²) >= 11 is 0. The number of morpholine rings is 1. The van der Waals surface area contributed by atoms with Gasteiger partial charge >= 0.3 is 0 Å². The van der Waals surface area contributed by atoms with Gasteiger partial charge < -0.3 is 14.4 Å². The summed E-state index contributed by atoms with van der Waals surface area (Å²) in [5.74, 6) is 0.190. The Morgan fingerprint density at radius 3 is 2.10 bits per heavy atom. The number of amides is 1.